The number of hydrogen-bond donors (Lipinski definition) is 1. The van der Waals surface area contributed by atoms with Gasteiger partial charge in [-0.15, -0.1) is 22.7 Å². The largest absolute Gasteiger partial charge is 0.339 e. The van der Waals surface area contributed by atoms with E-state index in [-0.39, 0.29) is 0 Å². The van der Waals surface area contributed by atoms with Gasteiger partial charge in [0.1, 0.15) is 5.01 Å². The fourth-order valence-electron chi connectivity index (χ4n) is 2.81. The molecule has 0 amide bonds. The van der Waals surface area contributed by atoms with Gasteiger partial charge >= 0.3 is 0 Å². The summed E-state index contributed by atoms with van der Waals surface area (Å²) in [5, 5.41) is 9.23. The standard InChI is InChI=1S/C15H16N4OS2/c16-15(5-1-2-6-15)14-18-12(20-19-14)8-10-9-22-13(17-10)11-4-3-7-21-11/h3-4,7,9H,1-2,5-6,8,16H2. The number of thiazole rings is 1. The van der Waals surface area contributed by atoms with Gasteiger partial charge in [-0.25, -0.2) is 4.98 Å². The van der Waals surface area contributed by atoms with Crippen LogP contribution in [-0.2, 0) is 12.0 Å². The number of rotatable bonds is 4. The van der Waals surface area contributed by atoms with Crippen molar-refractivity contribution in [1.82, 2.24) is 15.1 Å². The number of nitrogens with two attached hydrogens (primary N) is 1. The van der Waals surface area contributed by atoms with Gasteiger partial charge in [0, 0.05) is 5.38 Å². The van der Waals surface area contributed by atoms with Gasteiger partial charge in [0.15, 0.2) is 5.82 Å². The molecule has 0 unspecified atom stereocenters. The van der Waals surface area contributed by atoms with Crippen molar-refractivity contribution in [3.8, 4) is 9.88 Å². The van der Waals surface area contributed by atoms with E-state index in [9.17, 15) is 0 Å². The molecule has 0 saturated heterocycles. The summed E-state index contributed by atoms with van der Waals surface area (Å²) in [6, 6.07) is 4.12. The highest BCUT2D eigenvalue weighted by Crippen LogP contribution is 2.34. The first-order chi connectivity index (χ1) is 10.7. The topological polar surface area (TPSA) is 77.8 Å². The molecule has 114 valence electrons. The van der Waals surface area contributed by atoms with Crippen LogP contribution in [-0.4, -0.2) is 15.1 Å². The van der Waals surface area contributed by atoms with Crippen molar-refractivity contribution in [3.05, 3.63) is 40.3 Å². The van der Waals surface area contributed by atoms with Gasteiger partial charge in [0.2, 0.25) is 5.89 Å². The number of nitrogens with zero attached hydrogens (tertiary/aromatic N) is 3. The van der Waals surface area contributed by atoms with Gasteiger partial charge in [0.25, 0.3) is 0 Å². The molecule has 0 aliphatic heterocycles. The Kier molecular flexibility index (Phi) is 3.56. The van der Waals surface area contributed by atoms with E-state index in [4.69, 9.17) is 10.3 Å². The van der Waals surface area contributed by atoms with E-state index < -0.39 is 5.54 Å². The van der Waals surface area contributed by atoms with E-state index in [0.29, 0.717) is 18.1 Å². The molecule has 0 atom stereocenters. The number of hydrogen-bond acceptors (Lipinski definition) is 7. The van der Waals surface area contributed by atoms with Crippen LogP contribution in [0.5, 0.6) is 0 Å². The molecule has 0 aromatic carbocycles. The normalized spacial score (nSPS) is 17.1. The third kappa shape index (κ3) is 2.60. The third-order valence-corrected chi connectivity index (χ3v) is 5.96. The second-order valence-corrected chi connectivity index (χ2v) is 7.48. The first kappa shape index (κ1) is 14.0. The van der Waals surface area contributed by atoms with Gasteiger partial charge in [-0.3, -0.25) is 0 Å². The molecule has 0 spiro atoms. The maximum Gasteiger partial charge on any atom is 0.232 e. The van der Waals surface area contributed by atoms with Crippen LogP contribution in [0.2, 0.25) is 0 Å². The minimum atomic E-state index is -0.397. The Morgan fingerprint density at radius 1 is 1.23 bits per heavy atom. The molecule has 1 saturated carbocycles. The predicted octanol–water partition coefficient (Wildman–Crippen LogP) is 3.57. The van der Waals surface area contributed by atoms with Crippen LogP contribution in [0.25, 0.3) is 9.88 Å². The third-order valence-electron chi connectivity index (χ3n) is 4.03. The van der Waals surface area contributed by atoms with Gasteiger partial charge in [-0.2, -0.15) is 4.98 Å². The molecule has 2 N–H and O–H groups in total. The maximum absolute atomic E-state index is 6.36. The highest BCUT2D eigenvalue weighted by Gasteiger charge is 2.35. The van der Waals surface area contributed by atoms with Crippen LogP contribution in [0.1, 0.15) is 43.1 Å². The molecule has 22 heavy (non-hydrogen) atoms. The summed E-state index contributed by atoms with van der Waals surface area (Å²) in [7, 11) is 0. The van der Waals surface area contributed by atoms with Gasteiger partial charge < -0.3 is 10.3 Å². The molecule has 3 heterocycles. The summed E-state index contributed by atoms with van der Waals surface area (Å²) in [5.74, 6) is 1.24. The molecule has 3 aromatic rings. The Hall–Kier alpha value is -1.57. The van der Waals surface area contributed by atoms with Crippen molar-refractivity contribution in [3.63, 3.8) is 0 Å². The summed E-state index contributed by atoms with van der Waals surface area (Å²) >= 11 is 3.34. The van der Waals surface area contributed by atoms with Crippen molar-refractivity contribution in [1.29, 1.82) is 0 Å². The van der Waals surface area contributed by atoms with Crippen LogP contribution < -0.4 is 5.73 Å². The molecule has 5 nitrogen and oxygen atoms in total. The predicted molar refractivity (Wildman–Crippen MR) is 86.9 cm³/mol. The van der Waals surface area contributed by atoms with Crippen molar-refractivity contribution < 1.29 is 4.52 Å². The molecular formula is C15H16N4OS2. The summed E-state index contributed by atoms with van der Waals surface area (Å²) in [6.07, 6.45) is 4.70. The van der Waals surface area contributed by atoms with Crippen molar-refractivity contribution >= 4 is 22.7 Å². The quantitative estimate of drug-likeness (QED) is 0.790. The lowest BCUT2D eigenvalue weighted by atomic mass is 9.99. The molecule has 1 fully saturated rings. The smallest absolute Gasteiger partial charge is 0.232 e. The average molecular weight is 332 g/mol. The first-order valence-corrected chi connectivity index (χ1v) is 9.09. The summed E-state index contributed by atoms with van der Waals surface area (Å²) in [4.78, 5) is 10.3. The van der Waals surface area contributed by atoms with Crippen LogP contribution in [0.4, 0.5) is 0 Å². The van der Waals surface area contributed by atoms with Crippen LogP contribution in [0.3, 0.4) is 0 Å². The van der Waals surface area contributed by atoms with Crippen molar-refractivity contribution in [2.24, 2.45) is 5.73 Å². The second kappa shape index (κ2) is 5.57. The average Bonchev–Trinajstić information content (AvgIpc) is 3.27. The number of thiophene rings is 1. The Balaban J connectivity index is 1.51. The Bertz CT molecular complexity index is 756. The highest BCUT2D eigenvalue weighted by molar-refractivity contribution is 7.20. The van der Waals surface area contributed by atoms with Gasteiger partial charge in [-0.05, 0) is 24.3 Å². The highest BCUT2D eigenvalue weighted by atomic mass is 32.1. The molecular weight excluding hydrogens is 316 g/mol. The molecule has 1 aliphatic carbocycles. The minimum absolute atomic E-state index is 0.397. The van der Waals surface area contributed by atoms with E-state index in [2.05, 4.69) is 26.6 Å². The van der Waals surface area contributed by atoms with Crippen molar-refractivity contribution in [2.45, 2.75) is 37.6 Å². The summed E-state index contributed by atoms with van der Waals surface area (Å²) in [5.41, 5.74) is 6.92. The Labute approximate surface area is 136 Å². The van der Waals surface area contributed by atoms with E-state index in [1.54, 1.807) is 22.7 Å². The van der Waals surface area contributed by atoms with Crippen molar-refractivity contribution in [2.75, 3.05) is 0 Å². The molecule has 1 aliphatic rings. The summed E-state index contributed by atoms with van der Waals surface area (Å²) < 4.78 is 5.37. The molecule has 0 bridgehead atoms. The Morgan fingerprint density at radius 3 is 2.86 bits per heavy atom. The zero-order valence-electron chi connectivity index (χ0n) is 12.0. The van der Waals surface area contributed by atoms with Crippen LogP contribution in [0, 0.1) is 0 Å². The fraction of sp³-hybridized carbons (Fsp3) is 0.400. The van der Waals surface area contributed by atoms with E-state index in [1.807, 2.05) is 11.4 Å². The lowest BCUT2D eigenvalue weighted by Crippen LogP contribution is -2.34. The number of aromatic nitrogens is 3. The Morgan fingerprint density at radius 2 is 2.09 bits per heavy atom. The zero-order chi connectivity index (χ0) is 15.0. The molecule has 0 radical (unpaired) electrons. The first-order valence-electron chi connectivity index (χ1n) is 7.33. The van der Waals surface area contributed by atoms with E-state index >= 15 is 0 Å². The lowest BCUT2D eigenvalue weighted by molar-refractivity contribution is 0.352. The fourth-order valence-corrected chi connectivity index (χ4v) is 4.45. The second-order valence-electron chi connectivity index (χ2n) is 5.67. The van der Waals surface area contributed by atoms with Gasteiger partial charge in [0.05, 0.1) is 22.5 Å². The molecule has 7 heteroatoms. The molecule has 3 aromatic heterocycles. The van der Waals surface area contributed by atoms with Crippen LogP contribution >= 0.6 is 22.7 Å². The SMILES string of the molecule is NC1(c2noc(Cc3csc(-c4cccs4)n3)n2)CCCC1. The van der Waals surface area contributed by atoms with E-state index in [1.165, 1.54) is 4.88 Å². The van der Waals surface area contributed by atoms with Crippen LogP contribution in [0.15, 0.2) is 27.4 Å². The lowest BCUT2D eigenvalue weighted by Gasteiger charge is -2.17. The zero-order valence-corrected chi connectivity index (χ0v) is 13.6. The summed E-state index contributed by atoms with van der Waals surface area (Å²) in [6.45, 7) is 0. The van der Waals surface area contributed by atoms with E-state index in [0.717, 1.165) is 36.4 Å². The van der Waals surface area contributed by atoms with Gasteiger partial charge in [-0.1, -0.05) is 24.1 Å². The molecule has 4 rings (SSSR count). The maximum atomic E-state index is 6.36. The minimum Gasteiger partial charge on any atom is -0.339 e. The monoisotopic (exact) mass is 332 g/mol.